The van der Waals surface area contributed by atoms with Crippen LogP contribution in [-0.4, -0.2) is 50.0 Å². The van der Waals surface area contributed by atoms with Gasteiger partial charge in [0, 0.05) is 24.8 Å². The fourth-order valence-corrected chi connectivity index (χ4v) is 4.42. The summed E-state index contributed by atoms with van der Waals surface area (Å²) in [6.07, 6.45) is 5.85. The van der Waals surface area contributed by atoms with E-state index < -0.39 is 0 Å². The van der Waals surface area contributed by atoms with Gasteiger partial charge in [0.25, 0.3) is 0 Å². The molecule has 0 saturated carbocycles. The number of hydrogen-bond acceptors (Lipinski definition) is 6. The highest BCUT2D eigenvalue weighted by Crippen LogP contribution is 2.34. The van der Waals surface area contributed by atoms with Gasteiger partial charge in [-0.25, -0.2) is 9.67 Å². The van der Waals surface area contributed by atoms with Crippen molar-refractivity contribution in [1.29, 1.82) is 0 Å². The Hall–Kier alpha value is -3.29. The van der Waals surface area contributed by atoms with E-state index in [2.05, 4.69) is 44.2 Å². The van der Waals surface area contributed by atoms with Crippen molar-refractivity contribution < 1.29 is 4.79 Å². The Labute approximate surface area is 169 Å². The summed E-state index contributed by atoms with van der Waals surface area (Å²) in [4.78, 5) is 21.5. The molecule has 2 aliphatic rings. The van der Waals surface area contributed by atoms with E-state index in [9.17, 15) is 4.79 Å². The maximum Gasteiger partial charge on any atom is 0.232 e. The number of fused-ring (bicyclic) bond motifs is 1. The summed E-state index contributed by atoms with van der Waals surface area (Å²) in [6, 6.07) is 12.3. The highest BCUT2D eigenvalue weighted by atomic mass is 16.2. The zero-order chi connectivity index (χ0) is 19.8. The number of benzene rings is 1. The molecule has 2 aliphatic heterocycles. The Morgan fingerprint density at radius 3 is 2.72 bits per heavy atom. The van der Waals surface area contributed by atoms with E-state index in [1.807, 2.05) is 29.2 Å². The van der Waals surface area contributed by atoms with Gasteiger partial charge in [-0.15, -0.1) is 10.2 Å². The first-order valence-corrected chi connectivity index (χ1v) is 10.1. The molecule has 1 fully saturated rings. The molecule has 0 radical (unpaired) electrons. The molecule has 3 aromatic rings. The van der Waals surface area contributed by atoms with Gasteiger partial charge >= 0.3 is 0 Å². The van der Waals surface area contributed by atoms with Crippen molar-refractivity contribution in [3.05, 3.63) is 54.6 Å². The molecule has 2 aromatic heterocycles. The van der Waals surface area contributed by atoms with Crippen LogP contribution in [0.2, 0.25) is 0 Å². The fourth-order valence-electron chi connectivity index (χ4n) is 4.42. The first-order chi connectivity index (χ1) is 14.2. The molecular weight excluding hydrogens is 366 g/mol. The molecule has 2 atom stereocenters. The van der Waals surface area contributed by atoms with Gasteiger partial charge in [0.1, 0.15) is 12.7 Å². The zero-order valence-corrected chi connectivity index (χ0v) is 16.3. The second-order valence-corrected chi connectivity index (χ2v) is 7.77. The van der Waals surface area contributed by atoms with Crippen LogP contribution in [0.1, 0.15) is 25.3 Å². The minimum absolute atomic E-state index is 0.0332. The molecule has 4 heterocycles. The van der Waals surface area contributed by atoms with Crippen molar-refractivity contribution in [3.8, 4) is 5.82 Å². The Morgan fingerprint density at radius 1 is 1.10 bits per heavy atom. The standard InChI is InChI=1S/C21H23N7O/c1-15-11-16-5-2-3-7-18(16)28(15)21(29)17-6-4-10-26(12-17)19-8-9-20(25-24-19)27-14-22-13-23-27/h2-3,5,7-9,13-15,17H,4,6,10-12H2,1H3. The van der Waals surface area contributed by atoms with Gasteiger partial charge in [0.05, 0.1) is 5.92 Å². The summed E-state index contributed by atoms with van der Waals surface area (Å²) < 4.78 is 1.57. The van der Waals surface area contributed by atoms with E-state index in [0.717, 1.165) is 37.3 Å². The number of carbonyl (C=O) groups is 1. The second kappa shape index (κ2) is 7.27. The molecule has 0 aliphatic carbocycles. The SMILES string of the molecule is CC1Cc2ccccc2N1C(=O)C1CCCN(c2ccc(-n3cncn3)nn2)C1. The first kappa shape index (κ1) is 17.8. The summed E-state index contributed by atoms with van der Waals surface area (Å²) in [5.74, 6) is 1.60. The molecule has 148 valence electrons. The maximum atomic E-state index is 13.4. The number of nitrogens with zero attached hydrogens (tertiary/aromatic N) is 7. The lowest BCUT2D eigenvalue weighted by Gasteiger charge is -2.35. The quantitative estimate of drug-likeness (QED) is 0.684. The summed E-state index contributed by atoms with van der Waals surface area (Å²) in [5, 5.41) is 12.7. The first-order valence-electron chi connectivity index (χ1n) is 10.1. The van der Waals surface area contributed by atoms with Crippen LogP contribution in [0.25, 0.3) is 5.82 Å². The predicted molar refractivity (Wildman–Crippen MR) is 109 cm³/mol. The van der Waals surface area contributed by atoms with Crippen molar-refractivity contribution in [3.63, 3.8) is 0 Å². The van der Waals surface area contributed by atoms with Crippen LogP contribution in [0, 0.1) is 5.92 Å². The molecule has 0 spiro atoms. The molecule has 1 aromatic carbocycles. The highest BCUT2D eigenvalue weighted by Gasteiger charge is 2.36. The Morgan fingerprint density at radius 2 is 1.93 bits per heavy atom. The van der Waals surface area contributed by atoms with Crippen LogP contribution in [0.15, 0.2) is 49.1 Å². The normalized spacial score (nSPS) is 21.3. The van der Waals surface area contributed by atoms with E-state index in [4.69, 9.17) is 0 Å². The summed E-state index contributed by atoms with van der Waals surface area (Å²) in [6.45, 7) is 3.68. The van der Waals surface area contributed by atoms with Crippen LogP contribution in [0.5, 0.6) is 0 Å². The fraction of sp³-hybridized carbons (Fsp3) is 0.381. The zero-order valence-electron chi connectivity index (χ0n) is 16.3. The van der Waals surface area contributed by atoms with Crippen LogP contribution in [0.3, 0.4) is 0 Å². The van der Waals surface area contributed by atoms with Crippen molar-refractivity contribution in [2.75, 3.05) is 22.9 Å². The Kier molecular flexibility index (Phi) is 4.46. The van der Waals surface area contributed by atoms with Gasteiger partial charge in [-0.2, -0.15) is 5.10 Å². The minimum atomic E-state index is -0.0332. The van der Waals surface area contributed by atoms with Crippen molar-refractivity contribution in [2.45, 2.75) is 32.2 Å². The lowest BCUT2D eigenvalue weighted by molar-refractivity contribution is -0.122. The van der Waals surface area contributed by atoms with Crippen LogP contribution in [-0.2, 0) is 11.2 Å². The number of anilines is 2. The minimum Gasteiger partial charge on any atom is -0.354 e. The Balaban J connectivity index is 1.32. The predicted octanol–water partition coefficient (Wildman–Crippen LogP) is 2.25. The number of aromatic nitrogens is 5. The van der Waals surface area contributed by atoms with Gasteiger partial charge in [0.15, 0.2) is 11.6 Å². The number of amides is 1. The molecule has 1 amide bonds. The Bertz CT molecular complexity index is 1000. The molecule has 0 N–H and O–H groups in total. The average molecular weight is 389 g/mol. The molecule has 1 saturated heterocycles. The van der Waals surface area contributed by atoms with Crippen LogP contribution >= 0.6 is 0 Å². The molecule has 5 rings (SSSR count). The van der Waals surface area contributed by atoms with Gasteiger partial charge in [0.2, 0.25) is 5.91 Å². The van der Waals surface area contributed by atoms with E-state index in [0.29, 0.717) is 12.4 Å². The van der Waals surface area contributed by atoms with E-state index in [1.54, 1.807) is 11.0 Å². The number of para-hydroxylation sites is 1. The summed E-state index contributed by atoms with van der Waals surface area (Å²) in [7, 11) is 0. The van der Waals surface area contributed by atoms with E-state index in [1.165, 1.54) is 11.9 Å². The lowest BCUT2D eigenvalue weighted by atomic mass is 9.96. The summed E-state index contributed by atoms with van der Waals surface area (Å²) in [5.41, 5.74) is 2.33. The third-order valence-corrected chi connectivity index (χ3v) is 5.83. The van der Waals surface area contributed by atoms with Crippen molar-refractivity contribution >= 4 is 17.4 Å². The number of rotatable bonds is 3. The molecular formula is C21H23N7O. The van der Waals surface area contributed by atoms with Crippen LogP contribution in [0.4, 0.5) is 11.5 Å². The topological polar surface area (TPSA) is 80.0 Å². The van der Waals surface area contributed by atoms with Crippen molar-refractivity contribution in [2.24, 2.45) is 5.92 Å². The van der Waals surface area contributed by atoms with E-state index in [-0.39, 0.29) is 17.9 Å². The molecule has 0 bridgehead atoms. The highest BCUT2D eigenvalue weighted by molar-refractivity contribution is 5.98. The monoisotopic (exact) mass is 389 g/mol. The number of hydrogen-bond donors (Lipinski definition) is 0. The van der Waals surface area contributed by atoms with Gasteiger partial charge in [-0.1, -0.05) is 18.2 Å². The van der Waals surface area contributed by atoms with E-state index >= 15 is 0 Å². The number of piperidine rings is 1. The van der Waals surface area contributed by atoms with Crippen LogP contribution < -0.4 is 9.80 Å². The molecule has 8 nitrogen and oxygen atoms in total. The van der Waals surface area contributed by atoms with Gasteiger partial charge in [-0.05, 0) is 49.9 Å². The van der Waals surface area contributed by atoms with Crippen molar-refractivity contribution in [1.82, 2.24) is 25.0 Å². The molecule has 29 heavy (non-hydrogen) atoms. The third-order valence-electron chi connectivity index (χ3n) is 5.83. The molecule has 8 heteroatoms. The largest absolute Gasteiger partial charge is 0.354 e. The lowest BCUT2D eigenvalue weighted by Crippen LogP contribution is -2.47. The molecule has 2 unspecified atom stereocenters. The second-order valence-electron chi connectivity index (χ2n) is 7.77. The smallest absolute Gasteiger partial charge is 0.232 e. The summed E-state index contributed by atoms with van der Waals surface area (Å²) >= 11 is 0. The number of carbonyl (C=O) groups excluding carboxylic acids is 1. The average Bonchev–Trinajstić information content (AvgIpc) is 3.41. The third kappa shape index (κ3) is 3.24. The van der Waals surface area contributed by atoms with Gasteiger partial charge < -0.3 is 9.80 Å². The van der Waals surface area contributed by atoms with Gasteiger partial charge in [-0.3, -0.25) is 4.79 Å². The maximum absolute atomic E-state index is 13.4.